The topological polar surface area (TPSA) is 56.7 Å². The van der Waals surface area contributed by atoms with Crippen LogP contribution in [0.5, 0.6) is 0 Å². The molecule has 0 spiro atoms. The third-order valence-electron chi connectivity index (χ3n) is 3.95. The summed E-state index contributed by atoms with van der Waals surface area (Å²) in [5.74, 6) is 1.50. The summed E-state index contributed by atoms with van der Waals surface area (Å²) in [4.78, 5) is 8.97. The molecular formula is C14H20N4. The van der Waals surface area contributed by atoms with Gasteiger partial charge >= 0.3 is 0 Å². The van der Waals surface area contributed by atoms with E-state index >= 15 is 0 Å². The van der Waals surface area contributed by atoms with Gasteiger partial charge in [-0.25, -0.2) is 9.97 Å². The Hall–Kier alpha value is -1.58. The molecule has 0 radical (unpaired) electrons. The Balaban J connectivity index is 2.08. The molecule has 3 rings (SSSR count). The lowest BCUT2D eigenvalue weighted by Crippen LogP contribution is -2.12. The number of imidazole rings is 1. The molecule has 96 valence electrons. The lowest BCUT2D eigenvalue weighted by atomic mass is 10.1. The van der Waals surface area contributed by atoms with E-state index < -0.39 is 0 Å². The van der Waals surface area contributed by atoms with Crippen molar-refractivity contribution < 1.29 is 0 Å². The summed E-state index contributed by atoms with van der Waals surface area (Å²) in [7, 11) is 0. The standard InChI is InChI=1S/C14H20N4/c1-3-11(8-10-4-5-10)18-13-12(17-14(18)15)9(2)6-7-16-13/h6-7,10-11H,3-5,8H2,1-2H3,(H2,15,17). The first-order chi connectivity index (χ1) is 8.70. The van der Waals surface area contributed by atoms with E-state index in [1.807, 2.05) is 12.3 Å². The highest BCUT2D eigenvalue weighted by Crippen LogP contribution is 2.39. The van der Waals surface area contributed by atoms with E-state index in [0.29, 0.717) is 12.0 Å². The molecule has 4 nitrogen and oxygen atoms in total. The van der Waals surface area contributed by atoms with Crippen LogP contribution in [-0.4, -0.2) is 14.5 Å². The Morgan fingerprint density at radius 2 is 2.28 bits per heavy atom. The maximum atomic E-state index is 6.11. The van der Waals surface area contributed by atoms with Crippen molar-refractivity contribution in [3.05, 3.63) is 17.8 Å². The van der Waals surface area contributed by atoms with E-state index in [2.05, 4.69) is 28.4 Å². The van der Waals surface area contributed by atoms with Crippen molar-refractivity contribution in [1.29, 1.82) is 0 Å². The number of hydrogen-bond donors (Lipinski definition) is 1. The molecule has 2 aromatic rings. The zero-order chi connectivity index (χ0) is 12.7. The number of anilines is 1. The van der Waals surface area contributed by atoms with E-state index in [1.165, 1.54) is 19.3 Å². The van der Waals surface area contributed by atoms with Gasteiger partial charge in [0.05, 0.1) is 0 Å². The molecule has 4 heteroatoms. The molecule has 1 atom stereocenters. The number of fused-ring (bicyclic) bond motifs is 1. The van der Waals surface area contributed by atoms with Gasteiger partial charge in [0.15, 0.2) is 5.65 Å². The number of nitrogens with two attached hydrogens (primary N) is 1. The molecule has 2 aromatic heterocycles. The predicted octanol–water partition coefficient (Wildman–Crippen LogP) is 3.07. The van der Waals surface area contributed by atoms with Crippen molar-refractivity contribution in [2.24, 2.45) is 5.92 Å². The smallest absolute Gasteiger partial charge is 0.202 e. The summed E-state index contributed by atoms with van der Waals surface area (Å²) >= 11 is 0. The molecule has 0 saturated heterocycles. The monoisotopic (exact) mass is 244 g/mol. The van der Waals surface area contributed by atoms with E-state index in [9.17, 15) is 0 Å². The highest BCUT2D eigenvalue weighted by atomic mass is 15.2. The van der Waals surface area contributed by atoms with Crippen molar-refractivity contribution in [2.45, 2.75) is 45.6 Å². The third kappa shape index (κ3) is 1.85. The minimum atomic E-state index is 0.441. The fourth-order valence-electron chi connectivity index (χ4n) is 2.68. The van der Waals surface area contributed by atoms with Crippen LogP contribution in [0.2, 0.25) is 0 Å². The van der Waals surface area contributed by atoms with Crippen LogP contribution in [0, 0.1) is 12.8 Å². The third-order valence-corrected chi connectivity index (χ3v) is 3.95. The molecule has 1 aliphatic rings. The molecule has 0 aromatic carbocycles. The SMILES string of the molecule is CCC(CC1CC1)n1c(N)nc2c(C)ccnc21. The summed E-state index contributed by atoms with van der Waals surface area (Å²) in [5.41, 5.74) is 9.14. The van der Waals surface area contributed by atoms with Crippen LogP contribution in [0.1, 0.15) is 44.2 Å². The number of nitrogens with zero attached hydrogens (tertiary/aromatic N) is 3. The molecule has 1 fully saturated rings. The van der Waals surface area contributed by atoms with Gasteiger partial charge in [-0.15, -0.1) is 0 Å². The summed E-state index contributed by atoms with van der Waals surface area (Å²) in [6.45, 7) is 4.27. The lowest BCUT2D eigenvalue weighted by Gasteiger charge is -2.18. The van der Waals surface area contributed by atoms with Gasteiger partial charge in [0, 0.05) is 12.2 Å². The Morgan fingerprint density at radius 3 is 2.94 bits per heavy atom. The maximum Gasteiger partial charge on any atom is 0.202 e. The zero-order valence-corrected chi connectivity index (χ0v) is 11.1. The molecular weight excluding hydrogens is 224 g/mol. The molecule has 1 aliphatic carbocycles. The molecule has 18 heavy (non-hydrogen) atoms. The maximum absolute atomic E-state index is 6.11. The second-order valence-corrected chi connectivity index (χ2v) is 5.38. The normalized spacial score (nSPS) is 17.2. The Bertz CT molecular complexity index is 568. The average molecular weight is 244 g/mol. The Labute approximate surface area is 107 Å². The zero-order valence-electron chi connectivity index (χ0n) is 11.1. The van der Waals surface area contributed by atoms with Gasteiger partial charge in [0.2, 0.25) is 5.95 Å². The Kier molecular flexibility index (Phi) is 2.73. The van der Waals surface area contributed by atoms with Gasteiger partial charge in [-0.2, -0.15) is 0 Å². The molecule has 1 unspecified atom stereocenters. The van der Waals surface area contributed by atoms with E-state index in [4.69, 9.17) is 5.73 Å². The van der Waals surface area contributed by atoms with E-state index in [0.717, 1.165) is 29.1 Å². The molecule has 2 N–H and O–H groups in total. The van der Waals surface area contributed by atoms with E-state index in [-0.39, 0.29) is 0 Å². The van der Waals surface area contributed by atoms with Gasteiger partial charge in [0.25, 0.3) is 0 Å². The van der Waals surface area contributed by atoms with Gasteiger partial charge in [0.1, 0.15) is 5.52 Å². The van der Waals surface area contributed by atoms with Crippen molar-refractivity contribution in [3.8, 4) is 0 Å². The predicted molar refractivity (Wildman–Crippen MR) is 73.3 cm³/mol. The van der Waals surface area contributed by atoms with Crippen molar-refractivity contribution >= 4 is 17.1 Å². The first kappa shape index (κ1) is 11.5. The van der Waals surface area contributed by atoms with Crippen LogP contribution in [0.25, 0.3) is 11.2 Å². The summed E-state index contributed by atoms with van der Waals surface area (Å²) in [6, 6.07) is 2.43. The second kappa shape index (κ2) is 4.26. The van der Waals surface area contributed by atoms with Crippen molar-refractivity contribution in [2.75, 3.05) is 5.73 Å². The minimum absolute atomic E-state index is 0.441. The largest absolute Gasteiger partial charge is 0.369 e. The molecule has 0 bridgehead atoms. The summed E-state index contributed by atoms with van der Waals surface area (Å²) < 4.78 is 2.14. The first-order valence-corrected chi connectivity index (χ1v) is 6.79. The number of hydrogen-bond acceptors (Lipinski definition) is 3. The van der Waals surface area contributed by atoms with Crippen LogP contribution < -0.4 is 5.73 Å². The van der Waals surface area contributed by atoms with Crippen molar-refractivity contribution in [3.63, 3.8) is 0 Å². The summed E-state index contributed by atoms with van der Waals surface area (Å²) in [5, 5.41) is 0. The molecule has 0 amide bonds. The molecule has 0 aliphatic heterocycles. The fraction of sp³-hybridized carbons (Fsp3) is 0.571. The number of aromatic nitrogens is 3. The van der Waals surface area contributed by atoms with Gasteiger partial charge in [-0.05, 0) is 37.3 Å². The van der Waals surface area contributed by atoms with Gasteiger partial charge in [-0.3, -0.25) is 4.57 Å². The summed E-state index contributed by atoms with van der Waals surface area (Å²) in [6.07, 6.45) is 6.88. The van der Waals surface area contributed by atoms with Crippen LogP contribution >= 0.6 is 0 Å². The number of nitrogen functional groups attached to an aromatic ring is 1. The minimum Gasteiger partial charge on any atom is -0.369 e. The highest BCUT2D eigenvalue weighted by molar-refractivity contribution is 5.77. The molecule has 2 heterocycles. The van der Waals surface area contributed by atoms with Crippen LogP contribution in [0.3, 0.4) is 0 Å². The fourth-order valence-corrected chi connectivity index (χ4v) is 2.68. The lowest BCUT2D eigenvalue weighted by molar-refractivity contribution is 0.441. The van der Waals surface area contributed by atoms with Crippen LogP contribution in [0.4, 0.5) is 5.95 Å². The quantitative estimate of drug-likeness (QED) is 0.899. The highest BCUT2D eigenvalue weighted by Gasteiger charge is 2.27. The van der Waals surface area contributed by atoms with Crippen LogP contribution in [0.15, 0.2) is 12.3 Å². The Morgan fingerprint density at radius 1 is 1.50 bits per heavy atom. The number of aryl methyl sites for hydroxylation is 1. The molecule has 1 saturated carbocycles. The number of pyridine rings is 1. The van der Waals surface area contributed by atoms with Gasteiger partial charge in [-0.1, -0.05) is 19.8 Å². The van der Waals surface area contributed by atoms with Gasteiger partial charge < -0.3 is 5.73 Å². The average Bonchev–Trinajstić information content (AvgIpc) is 3.10. The van der Waals surface area contributed by atoms with Crippen molar-refractivity contribution in [1.82, 2.24) is 14.5 Å². The first-order valence-electron chi connectivity index (χ1n) is 6.79. The van der Waals surface area contributed by atoms with Crippen LogP contribution in [-0.2, 0) is 0 Å². The number of rotatable bonds is 4. The second-order valence-electron chi connectivity index (χ2n) is 5.38. The van der Waals surface area contributed by atoms with E-state index in [1.54, 1.807) is 0 Å².